The molecule has 13 heteroatoms. The average molecular weight is 530 g/mol. The highest BCUT2D eigenvalue weighted by Gasteiger charge is 2.48. The van der Waals surface area contributed by atoms with Gasteiger partial charge in [-0.2, -0.15) is 13.2 Å². The topological polar surface area (TPSA) is 116 Å². The Morgan fingerprint density at radius 3 is 1.86 bits per heavy atom. The highest BCUT2D eigenvalue weighted by molar-refractivity contribution is 8.05. The van der Waals surface area contributed by atoms with Crippen LogP contribution in [0.1, 0.15) is 21.5 Å². The van der Waals surface area contributed by atoms with Crippen molar-refractivity contribution in [3.05, 3.63) is 83.4 Å². The van der Waals surface area contributed by atoms with E-state index in [1.165, 1.54) is 30.3 Å². The summed E-state index contributed by atoms with van der Waals surface area (Å²) in [4.78, 5) is 11.7. The van der Waals surface area contributed by atoms with Gasteiger partial charge in [-0.1, -0.05) is 34.0 Å². The first kappa shape index (κ1) is 26.2. The minimum atomic E-state index is -6.20. The molecule has 35 heavy (non-hydrogen) atoms. The minimum Gasteiger partial charge on any atom is -0.495 e. The number of ether oxygens (including phenoxy) is 2. The molecule has 0 atom stereocenters. The zero-order valence-electron chi connectivity index (χ0n) is 18.2. The molecule has 1 N–H and O–H groups in total. The van der Waals surface area contributed by atoms with Gasteiger partial charge in [0.15, 0.2) is 5.78 Å². The maximum atomic E-state index is 12.6. The van der Waals surface area contributed by atoms with Crippen molar-refractivity contribution >= 4 is 25.8 Å². The highest BCUT2D eigenvalue weighted by Crippen LogP contribution is 2.32. The molecule has 0 fully saturated rings. The molecule has 0 aliphatic rings. The summed E-state index contributed by atoms with van der Waals surface area (Å²) in [5.74, 6) is -0.615. The summed E-state index contributed by atoms with van der Waals surface area (Å²) in [5, 5.41) is 0. The van der Waals surface area contributed by atoms with Crippen LogP contribution >= 0.6 is 0 Å². The van der Waals surface area contributed by atoms with E-state index in [0.717, 1.165) is 24.8 Å². The summed E-state index contributed by atoms with van der Waals surface area (Å²) in [6, 6.07) is 16.0. The average Bonchev–Trinajstić information content (AvgIpc) is 2.78. The van der Waals surface area contributed by atoms with Gasteiger partial charge in [0.05, 0.1) is 7.11 Å². The Hall–Kier alpha value is -3.42. The minimum absolute atomic E-state index is 0.145. The van der Waals surface area contributed by atoms with Gasteiger partial charge in [-0.15, -0.1) is 0 Å². The Bertz CT molecular complexity index is 1450. The number of hydrogen-bond donors (Lipinski definition) is 1. The van der Waals surface area contributed by atoms with Gasteiger partial charge in [0.25, 0.3) is 10.0 Å². The Kier molecular flexibility index (Phi) is 7.24. The number of sulfonamides is 2. The van der Waals surface area contributed by atoms with Crippen LogP contribution in [-0.2, 0) is 20.0 Å². The number of alkyl halides is 3. The van der Waals surface area contributed by atoms with Crippen LogP contribution in [-0.4, -0.2) is 35.2 Å². The molecule has 0 heterocycles. The van der Waals surface area contributed by atoms with E-state index in [1.807, 2.05) is 6.92 Å². The van der Waals surface area contributed by atoms with E-state index in [4.69, 9.17) is 9.47 Å². The number of ketones is 1. The lowest BCUT2D eigenvalue weighted by Gasteiger charge is -2.14. The molecule has 0 radical (unpaired) electrons. The largest absolute Gasteiger partial charge is 0.512 e. The second-order valence-electron chi connectivity index (χ2n) is 7.17. The summed E-state index contributed by atoms with van der Waals surface area (Å²) in [6.07, 6.45) is 0. The van der Waals surface area contributed by atoms with Crippen molar-refractivity contribution in [1.82, 2.24) is 4.13 Å². The lowest BCUT2D eigenvalue weighted by molar-refractivity contribution is -0.0441. The summed E-state index contributed by atoms with van der Waals surface area (Å²) in [7, 11) is -10.4. The van der Waals surface area contributed by atoms with Gasteiger partial charge >= 0.3 is 15.5 Å². The molecule has 0 amide bonds. The lowest BCUT2D eigenvalue weighted by Crippen LogP contribution is -2.40. The van der Waals surface area contributed by atoms with Crippen LogP contribution in [0.5, 0.6) is 17.2 Å². The Morgan fingerprint density at radius 2 is 1.34 bits per heavy atom. The molecule has 3 aromatic rings. The lowest BCUT2D eigenvalue weighted by atomic mass is 10.0. The van der Waals surface area contributed by atoms with E-state index < -0.39 is 36.2 Å². The molecule has 0 unspecified atom stereocenters. The van der Waals surface area contributed by atoms with Gasteiger partial charge in [-0.05, 0) is 43.3 Å². The molecule has 3 aromatic carbocycles. The third-order valence-electron chi connectivity index (χ3n) is 4.61. The second kappa shape index (κ2) is 9.68. The van der Waals surface area contributed by atoms with E-state index in [-0.39, 0.29) is 17.3 Å². The van der Waals surface area contributed by atoms with Gasteiger partial charge in [0, 0.05) is 17.2 Å². The summed E-state index contributed by atoms with van der Waals surface area (Å²) >= 11 is 0. The maximum Gasteiger partial charge on any atom is 0.512 e. The molecule has 0 aliphatic carbocycles. The molecule has 0 aliphatic heterocycles. The van der Waals surface area contributed by atoms with Crippen LogP contribution in [0.4, 0.5) is 13.2 Å². The molecular weight excluding hydrogens is 511 g/mol. The smallest absolute Gasteiger partial charge is 0.495 e. The van der Waals surface area contributed by atoms with Crippen LogP contribution in [0.25, 0.3) is 0 Å². The number of rotatable bonds is 8. The molecule has 0 saturated heterocycles. The molecule has 186 valence electrons. The molecule has 0 bridgehead atoms. The Balaban J connectivity index is 1.86. The van der Waals surface area contributed by atoms with Crippen molar-refractivity contribution in [3.8, 4) is 17.2 Å². The van der Waals surface area contributed by atoms with Crippen molar-refractivity contribution in [3.63, 3.8) is 0 Å². The van der Waals surface area contributed by atoms with Crippen LogP contribution in [0.2, 0.25) is 0 Å². The number of hydrogen-bond acceptors (Lipinski definition) is 7. The molecular formula is C22H18F3NO7S2. The fourth-order valence-electron chi connectivity index (χ4n) is 2.85. The van der Waals surface area contributed by atoms with Gasteiger partial charge < -0.3 is 9.47 Å². The molecule has 3 rings (SSSR count). The number of halogens is 3. The van der Waals surface area contributed by atoms with E-state index >= 15 is 0 Å². The zero-order valence-corrected chi connectivity index (χ0v) is 19.8. The van der Waals surface area contributed by atoms with E-state index in [1.54, 1.807) is 24.3 Å². The fraction of sp³-hybridized carbons (Fsp3) is 0.136. The van der Waals surface area contributed by atoms with Gasteiger partial charge in [0.1, 0.15) is 22.1 Å². The number of carbonyl (C=O) groups excluding carboxylic acids is 1. The van der Waals surface area contributed by atoms with E-state index in [0.29, 0.717) is 15.3 Å². The predicted octanol–water partition coefficient (Wildman–Crippen LogP) is 4.15. The van der Waals surface area contributed by atoms with Crippen molar-refractivity contribution < 1.29 is 44.3 Å². The highest BCUT2D eigenvalue weighted by atomic mass is 32.3. The standard InChI is InChI=1S/C22H18F3NO7S2/c1-14-3-5-15(6-4-14)21(27)16-7-9-17(10-8-16)33-18-11-12-19(32-2)20(13-18)34(28,29)26-35(30,31)22(23,24)25/h3-13,26H,1-2H3. The van der Waals surface area contributed by atoms with Gasteiger partial charge in [-0.25, -0.2) is 16.8 Å². The first-order valence-electron chi connectivity index (χ1n) is 9.66. The fourth-order valence-corrected chi connectivity index (χ4v) is 5.43. The summed E-state index contributed by atoms with van der Waals surface area (Å²) in [6.45, 7) is 1.89. The molecule has 0 spiro atoms. The first-order valence-corrected chi connectivity index (χ1v) is 12.6. The third kappa shape index (κ3) is 5.99. The number of aryl methyl sites for hydroxylation is 1. The first-order chi connectivity index (χ1) is 16.2. The van der Waals surface area contributed by atoms with Crippen LogP contribution < -0.4 is 13.6 Å². The van der Waals surface area contributed by atoms with Crippen LogP contribution in [0, 0.1) is 6.92 Å². The maximum absolute atomic E-state index is 12.6. The molecule has 0 aromatic heterocycles. The van der Waals surface area contributed by atoms with Crippen molar-refractivity contribution in [2.24, 2.45) is 0 Å². The normalized spacial score (nSPS) is 12.3. The Morgan fingerprint density at radius 1 is 0.829 bits per heavy atom. The second-order valence-corrected chi connectivity index (χ2v) is 10.8. The van der Waals surface area contributed by atoms with Crippen molar-refractivity contribution in [2.45, 2.75) is 17.3 Å². The Labute approximate surface area is 199 Å². The molecule has 8 nitrogen and oxygen atoms in total. The quantitative estimate of drug-likeness (QED) is 0.436. The van der Waals surface area contributed by atoms with Crippen molar-refractivity contribution in [2.75, 3.05) is 7.11 Å². The van der Waals surface area contributed by atoms with E-state index in [9.17, 15) is 34.8 Å². The van der Waals surface area contributed by atoms with Crippen LogP contribution in [0.15, 0.2) is 71.6 Å². The number of carbonyl (C=O) groups is 1. The predicted molar refractivity (Wildman–Crippen MR) is 119 cm³/mol. The van der Waals surface area contributed by atoms with Crippen LogP contribution in [0.3, 0.4) is 0 Å². The number of nitrogens with one attached hydrogen (secondary N) is 1. The monoisotopic (exact) mass is 529 g/mol. The van der Waals surface area contributed by atoms with Gasteiger partial charge in [-0.3, -0.25) is 4.79 Å². The molecule has 0 saturated carbocycles. The van der Waals surface area contributed by atoms with Crippen molar-refractivity contribution in [1.29, 1.82) is 0 Å². The SMILES string of the molecule is COc1ccc(Oc2ccc(C(=O)c3ccc(C)cc3)cc2)cc1S(=O)(=O)NS(=O)(=O)C(F)(F)F. The third-order valence-corrected chi connectivity index (χ3v) is 7.88. The van der Waals surface area contributed by atoms with E-state index in [2.05, 4.69) is 0 Å². The summed E-state index contributed by atoms with van der Waals surface area (Å²) in [5.41, 5.74) is -4.01. The van der Waals surface area contributed by atoms with Gasteiger partial charge in [0.2, 0.25) is 0 Å². The zero-order chi connectivity index (χ0) is 26.0. The number of benzene rings is 3. The summed E-state index contributed by atoms with van der Waals surface area (Å²) < 4.78 is 96.4. The number of methoxy groups -OCH3 is 1.